The van der Waals surface area contributed by atoms with Gasteiger partial charge in [0.25, 0.3) is 11.7 Å². The number of benzene rings is 1. The number of hydrogen-bond donors (Lipinski definition) is 2. The molecule has 0 saturated carbocycles. The molecule has 1 aromatic carbocycles. The lowest BCUT2D eigenvalue weighted by atomic mass is 10.1. The third kappa shape index (κ3) is 4.12. The first-order valence-electron chi connectivity index (χ1n) is 8.81. The Labute approximate surface area is 180 Å². The number of rotatable bonds is 5. The summed E-state index contributed by atoms with van der Waals surface area (Å²) in [6.07, 6.45) is 3.21. The Bertz CT molecular complexity index is 1250. The first kappa shape index (κ1) is 19.9. The Hall–Kier alpha value is -3.42. The van der Waals surface area contributed by atoms with E-state index in [9.17, 15) is 14.7 Å². The lowest BCUT2D eigenvalue weighted by molar-refractivity contribution is -0.112. The molecule has 4 rings (SSSR count). The molecular formula is C21H14Cl2N4O3. The smallest absolute Gasteiger partial charge is 0.296 e. The van der Waals surface area contributed by atoms with Gasteiger partial charge in [0.15, 0.2) is 0 Å². The van der Waals surface area contributed by atoms with Crippen molar-refractivity contribution in [3.8, 4) is 5.75 Å². The van der Waals surface area contributed by atoms with Gasteiger partial charge < -0.3 is 15.0 Å². The van der Waals surface area contributed by atoms with Crippen LogP contribution in [-0.4, -0.2) is 31.3 Å². The van der Waals surface area contributed by atoms with Gasteiger partial charge in [0, 0.05) is 30.0 Å². The number of fused-ring (bicyclic) bond motifs is 1. The average Bonchev–Trinajstić information content (AvgIpc) is 3.07. The van der Waals surface area contributed by atoms with Gasteiger partial charge in [-0.1, -0.05) is 35.3 Å². The number of carbonyl (C=O) groups is 2. The SMILES string of the molecule is O=C(Nc1cc(Cl)nc(Cl)c1)C(=O)c1cn(Cc2ccc(O)cc2)c2ncccc12. The van der Waals surface area contributed by atoms with E-state index >= 15 is 0 Å². The van der Waals surface area contributed by atoms with Crippen molar-refractivity contribution in [2.75, 3.05) is 5.32 Å². The van der Waals surface area contributed by atoms with E-state index in [-0.39, 0.29) is 27.3 Å². The molecule has 0 aliphatic heterocycles. The van der Waals surface area contributed by atoms with E-state index in [1.54, 1.807) is 53.4 Å². The van der Waals surface area contributed by atoms with Gasteiger partial charge in [-0.2, -0.15) is 0 Å². The maximum absolute atomic E-state index is 12.9. The topological polar surface area (TPSA) is 97.1 Å². The molecule has 1 amide bonds. The maximum Gasteiger partial charge on any atom is 0.296 e. The van der Waals surface area contributed by atoms with Crippen molar-refractivity contribution in [1.29, 1.82) is 0 Å². The van der Waals surface area contributed by atoms with Gasteiger partial charge in [0.2, 0.25) is 0 Å². The molecular weight excluding hydrogens is 427 g/mol. The van der Waals surface area contributed by atoms with Crippen molar-refractivity contribution in [3.05, 3.63) is 82.4 Å². The number of aromatic nitrogens is 3. The summed E-state index contributed by atoms with van der Waals surface area (Å²) in [5, 5.41) is 12.7. The summed E-state index contributed by atoms with van der Waals surface area (Å²) in [5.74, 6) is -1.39. The Kier molecular flexibility index (Phi) is 5.39. The van der Waals surface area contributed by atoms with Gasteiger partial charge in [-0.05, 0) is 42.0 Å². The van der Waals surface area contributed by atoms with E-state index in [2.05, 4.69) is 15.3 Å². The second kappa shape index (κ2) is 8.14. The van der Waals surface area contributed by atoms with Crippen LogP contribution < -0.4 is 5.32 Å². The number of nitrogens with one attached hydrogen (secondary N) is 1. The molecule has 0 radical (unpaired) electrons. The summed E-state index contributed by atoms with van der Waals surface area (Å²) in [7, 11) is 0. The fraction of sp³-hybridized carbons (Fsp3) is 0.0476. The summed E-state index contributed by atoms with van der Waals surface area (Å²) >= 11 is 11.7. The predicted molar refractivity (Wildman–Crippen MR) is 114 cm³/mol. The zero-order valence-electron chi connectivity index (χ0n) is 15.3. The number of phenolic OH excluding ortho intramolecular Hbond substituents is 1. The molecule has 2 N–H and O–H groups in total. The fourth-order valence-corrected chi connectivity index (χ4v) is 3.53. The number of hydrogen-bond acceptors (Lipinski definition) is 5. The molecule has 0 spiro atoms. The largest absolute Gasteiger partial charge is 0.508 e. The van der Waals surface area contributed by atoms with Gasteiger partial charge in [-0.3, -0.25) is 9.59 Å². The van der Waals surface area contributed by atoms with E-state index in [1.165, 1.54) is 12.1 Å². The number of ketones is 1. The highest BCUT2D eigenvalue weighted by atomic mass is 35.5. The maximum atomic E-state index is 12.9. The van der Waals surface area contributed by atoms with Crippen LogP contribution in [0, 0.1) is 0 Å². The Morgan fingerprint density at radius 1 is 1.07 bits per heavy atom. The molecule has 30 heavy (non-hydrogen) atoms. The van der Waals surface area contributed by atoms with Crippen LogP contribution in [0.5, 0.6) is 5.75 Å². The molecule has 7 nitrogen and oxygen atoms in total. The second-order valence-electron chi connectivity index (χ2n) is 6.50. The van der Waals surface area contributed by atoms with Crippen molar-refractivity contribution in [2.24, 2.45) is 0 Å². The quantitative estimate of drug-likeness (QED) is 0.273. The number of Topliss-reactive ketones (excluding diaryl/α,β-unsaturated/α-hetero) is 1. The minimum absolute atomic E-state index is 0.0972. The van der Waals surface area contributed by atoms with Crippen LogP contribution in [0.3, 0.4) is 0 Å². The third-order valence-electron chi connectivity index (χ3n) is 4.39. The highest BCUT2D eigenvalue weighted by Crippen LogP contribution is 2.23. The summed E-state index contributed by atoms with van der Waals surface area (Å²) in [6, 6.07) is 12.9. The average molecular weight is 441 g/mol. The van der Waals surface area contributed by atoms with Crippen molar-refractivity contribution in [1.82, 2.24) is 14.5 Å². The van der Waals surface area contributed by atoms with Gasteiger partial charge in [-0.25, -0.2) is 9.97 Å². The zero-order valence-corrected chi connectivity index (χ0v) is 16.9. The van der Waals surface area contributed by atoms with Crippen molar-refractivity contribution >= 4 is 51.6 Å². The first-order chi connectivity index (χ1) is 14.4. The van der Waals surface area contributed by atoms with E-state index in [4.69, 9.17) is 23.2 Å². The monoisotopic (exact) mass is 440 g/mol. The fourth-order valence-electron chi connectivity index (χ4n) is 3.07. The molecule has 4 aromatic rings. The molecule has 0 fully saturated rings. The van der Waals surface area contributed by atoms with Gasteiger partial charge in [0.1, 0.15) is 21.7 Å². The van der Waals surface area contributed by atoms with Crippen LogP contribution in [0.1, 0.15) is 15.9 Å². The highest BCUT2D eigenvalue weighted by molar-refractivity contribution is 6.48. The molecule has 0 bridgehead atoms. The number of carbonyl (C=O) groups excluding carboxylic acids is 2. The van der Waals surface area contributed by atoms with Crippen molar-refractivity contribution in [2.45, 2.75) is 6.54 Å². The highest BCUT2D eigenvalue weighted by Gasteiger charge is 2.22. The molecule has 0 saturated heterocycles. The predicted octanol–water partition coefficient (Wildman–Crippen LogP) is 4.31. The molecule has 0 atom stereocenters. The second-order valence-corrected chi connectivity index (χ2v) is 7.27. The Morgan fingerprint density at radius 2 is 1.77 bits per heavy atom. The summed E-state index contributed by atoms with van der Waals surface area (Å²) in [4.78, 5) is 33.6. The molecule has 0 aliphatic carbocycles. The normalized spacial score (nSPS) is 10.9. The van der Waals surface area contributed by atoms with Gasteiger partial charge >= 0.3 is 0 Å². The molecule has 0 unspecified atom stereocenters. The summed E-state index contributed by atoms with van der Waals surface area (Å²) in [5.41, 5.74) is 1.96. The van der Waals surface area contributed by atoms with Crippen LogP contribution in [-0.2, 0) is 11.3 Å². The van der Waals surface area contributed by atoms with E-state index in [0.29, 0.717) is 17.6 Å². The summed E-state index contributed by atoms with van der Waals surface area (Å²) < 4.78 is 1.78. The van der Waals surface area contributed by atoms with E-state index < -0.39 is 11.7 Å². The van der Waals surface area contributed by atoms with Crippen LogP contribution in [0.2, 0.25) is 10.3 Å². The molecule has 0 aliphatic rings. The number of phenols is 1. The minimum atomic E-state index is -0.833. The number of halogens is 2. The van der Waals surface area contributed by atoms with Crippen molar-refractivity contribution in [3.63, 3.8) is 0 Å². The van der Waals surface area contributed by atoms with Crippen LogP contribution >= 0.6 is 23.2 Å². The molecule has 9 heteroatoms. The Balaban J connectivity index is 1.65. The lowest BCUT2D eigenvalue weighted by Crippen LogP contribution is -2.22. The Morgan fingerprint density at radius 3 is 2.47 bits per heavy atom. The van der Waals surface area contributed by atoms with E-state index in [1.807, 2.05) is 0 Å². The number of pyridine rings is 2. The van der Waals surface area contributed by atoms with E-state index in [0.717, 1.165) is 5.56 Å². The number of anilines is 1. The van der Waals surface area contributed by atoms with Crippen LogP contribution in [0.4, 0.5) is 5.69 Å². The molecule has 3 aromatic heterocycles. The number of nitrogens with zero attached hydrogens (tertiary/aromatic N) is 3. The van der Waals surface area contributed by atoms with Gasteiger partial charge in [0.05, 0.1) is 5.56 Å². The summed E-state index contributed by atoms with van der Waals surface area (Å²) in [6.45, 7) is 0.415. The third-order valence-corrected chi connectivity index (χ3v) is 4.78. The molecule has 3 heterocycles. The standard InChI is InChI=1S/C21H14Cl2N4O3/c22-17-8-13(9-18(23)26-17)25-21(30)19(29)16-11-27(20-15(16)2-1-7-24-20)10-12-3-5-14(28)6-4-12/h1-9,11,28H,10H2,(H,25,26,30). The van der Waals surface area contributed by atoms with Crippen molar-refractivity contribution < 1.29 is 14.7 Å². The zero-order chi connectivity index (χ0) is 21.3. The number of amides is 1. The minimum Gasteiger partial charge on any atom is -0.508 e. The number of aromatic hydroxyl groups is 1. The molecule has 150 valence electrons. The van der Waals surface area contributed by atoms with Crippen LogP contribution in [0.25, 0.3) is 11.0 Å². The van der Waals surface area contributed by atoms with Crippen LogP contribution in [0.15, 0.2) is 60.9 Å². The lowest BCUT2D eigenvalue weighted by Gasteiger charge is -2.05. The van der Waals surface area contributed by atoms with Gasteiger partial charge in [-0.15, -0.1) is 0 Å². The first-order valence-corrected chi connectivity index (χ1v) is 9.57.